The van der Waals surface area contributed by atoms with Crippen molar-refractivity contribution in [2.24, 2.45) is 17.8 Å². The van der Waals surface area contributed by atoms with Gasteiger partial charge in [0.25, 0.3) is 0 Å². The molecule has 0 amide bonds. The van der Waals surface area contributed by atoms with E-state index in [9.17, 15) is 0 Å². The van der Waals surface area contributed by atoms with Gasteiger partial charge in [0.1, 0.15) is 0 Å². The minimum atomic E-state index is -0.101. The summed E-state index contributed by atoms with van der Waals surface area (Å²) in [5.74, 6) is 2.87. The normalized spacial score (nSPS) is 35.6. The smallest absolute Gasteiger partial charge is 0.0912 e. The lowest BCUT2D eigenvalue weighted by atomic mass is 9.67. The SMILES string of the molecule is CCCC1CCC(C2CCC(C=CC=CC#N)(OC)CC2)CC1. The average molecular weight is 316 g/mol. The summed E-state index contributed by atoms with van der Waals surface area (Å²) >= 11 is 0. The zero-order chi connectivity index (χ0) is 16.5. The number of nitrogens with zero attached hydrogens (tertiary/aromatic N) is 1. The molecule has 0 aromatic rings. The van der Waals surface area contributed by atoms with Gasteiger partial charge in [-0.1, -0.05) is 50.8 Å². The van der Waals surface area contributed by atoms with E-state index < -0.39 is 0 Å². The number of rotatable bonds is 6. The maximum Gasteiger partial charge on any atom is 0.0912 e. The summed E-state index contributed by atoms with van der Waals surface area (Å²) in [6.07, 6.45) is 20.9. The van der Waals surface area contributed by atoms with E-state index in [2.05, 4.69) is 13.0 Å². The molecule has 0 N–H and O–H groups in total. The van der Waals surface area contributed by atoms with E-state index in [0.29, 0.717) is 0 Å². The monoisotopic (exact) mass is 315 g/mol. The Hall–Kier alpha value is -1.07. The number of allylic oxidation sites excluding steroid dienone is 3. The van der Waals surface area contributed by atoms with Crippen molar-refractivity contribution < 1.29 is 4.74 Å². The molecule has 0 aliphatic heterocycles. The van der Waals surface area contributed by atoms with Crippen LogP contribution in [0.25, 0.3) is 0 Å². The van der Waals surface area contributed by atoms with E-state index in [1.54, 1.807) is 0 Å². The Morgan fingerprint density at radius 2 is 1.70 bits per heavy atom. The van der Waals surface area contributed by atoms with Crippen molar-refractivity contribution in [3.63, 3.8) is 0 Å². The highest BCUT2D eigenvalue weighted by molar-refractivity contribution is 5.16. The predicted octanol–water partition coefficient (Wildman–Crippen LogP) is 5.80. The van der Waals surface area contributed by atoms with Crippen molar-refractivity contribution >= 4 is 0 Å². The van der Waals surface area contributed by atoms with Gasteiger partial charge in [-0.25, -0.2) is 0 Å². The molecule has 0 unspecified atom stereocenters. The maximum atomic E-state index is 8.55. The average Bonchev–Trinajstić information content (AvgIpc) is 2.60. The highest BCUT2D eigenvalue weighted by Crippen LogP contribution is 2.44. The lowest BCUT2D eigenvalue weighted by Gasteiger charge is -2.41. The summed E-state index contributed by atoms with van der Waals surface area (Å²) in [5.41, 5.74) is -0.101. The highest BCUT2D eigenvalue weighted by Gasteiger charge is 2.36. The van der Waals surface area contributed by atoms with Crippen LogP contribution in [0.5, 0.6) is 0 Å². The van der Waals surface area contributed by atoms with Crippen LogP contribution in [0.15, 0.2) is 24.3 Å². The van der Waals surface area contributed by atoms with Gasteiger partial charge in [-0.2, -0.15) is 5.26 Å². The van der Waals surface area contributed by atoms with Crippen molar-refractivity contribution in [2.45, 2.75) is 76.7 Å². The van der Waals surface area contributed by atoms with Gasteiger partial charge >= 0.3 is 0 Å². The summed E-state index contributed by atoms with van der Waals surface area (Å²) in [5, 5.41) is 8.55. The predicted molar refractivity (Wildman–Crippen MR) is 95.9 cm³/mol. The molecule has 23 heavy (non-hydrogen) atoms. The van der Waals surface area contributed by atoms with Gasteiger partial charge in [0, 0.05) is 13.2 Å². The second-order valence-corrected chi connectivity index (χ2v) is 7.52. The van der Waals surface area contributed by atoms with Crippen LogP contribution in [-0.2, 0) is 4.74 Å². The molecule has 0 spiro atoms. The van der Waals surface area contributed by atoms with Crippen molar-refractivity contribution in [3.05, 3.63) is 24.3 Å². The van der Waals surface area contributed by atoms with Crippen LogP contribution in [0.3, 0.4) is 0 Å². The van der Waals surface area contributed by atoms with Crippen LogP contribution in [-0.4, -0.2) is 12.7 Å². The van der Waals surface area contributed by atoms with E-state index in [1.165, 1.54) is 57.4 Å². The maximum absolute atomic E-state index is 8.55. The first-order valence-corrected chi connectivity index (χ1v) is 9.52. The third-order valence-corrected chi connectivity index (χ3v) is 6.22. The van der Waals surface area contributed by atoms with Crippen LogP contribution in [0, 0.1) is 29.1 Å². The molecule has 2 nitrogen and oxygen atoms in total. The molecular formula is C21H33NO. The number of ether oxygens (including phenoxy) is 1. The van der Waals surface area contributed by atoms with Gasteiger partial charge in [-0.3, -0.25) is 0 Å². The first-order chi connectivity index (χ1) is 11.2. The Bertz CT molecular complexity index is 429. The van der Waals surface area contributed by atoms with Gasteiger partial charge in [0.15, 0.2) is 0 Å². The standard InChI is InChI=1S/C21H33NO/c1-3-7-18-8-10-19(11-9-18)20-12-15-21(23-2,16-13-20)14-5-4-6-17-22/h4-6,14,18-20H,3,7-13,15-16H2,1-2H3. The van der Waals surface area contributed by atoms with Crippen molar-refractivity contribution in [1.82, 2.24) is 0 Å². The molecule has 0 aromatic heterocycles. The summed E-state index contributed by atoms with van der Waals surface area (Å²) in [6, 6.07) is 2.03. The molecule has 2 aliphatic rings. The summed E-state index contributed by atoms with van der Waals surface area (Å²) in [7, 11) is 1.83. The van der Waals surface area contributed by atoms with Crippen molar-refractivity contribution in [3.8, 4) is 6.07 Å². The van der Waals surface area contributed by atoms with E-state index >= 15 is 0 Å². The Balaban J connectivity index is 1.82. The van der Waals surface area contributed by atoms with Crippen LogP contribution in [0.4, 0.5) is 0 Å². The van der Waals surface area contributed by atoms with Gasteiger partial charge in [-0.05, 0) is 56.3 Å². The number of hydrogen-bond acceptors (Lipinski definition) is 2. The molecule has 128 valence electrons. The molecule has 0 atom stereocenters. The molecule has 0 saturated heterocycles. The molecule has 2 heteroatoms. The van der Waals surface area contributed by atoms with Gasteiger partial charge in [0.05, 0.1) is 11.7 Å². The van der Waals surface area contributed by atoms with E-state index in [-0.39, 0.29) is 5.60 Å². The van der Waals surface area contributed by atoms with Gasteiger partial charge in [-0.15, -0.1) is 0 Å². The molecule has 2 rings (SSSR count). The Kier molecular flexibility index (Phi) is 7.37. The largest absolute Gasteiger partial charge is 0.374 e. The Labute approximate surface area is 142 Å². The van der Waals surface area contributed by atoms with Gasteiger partial charge in [0.2, 0.25) is 0 Å². The van der Waals surface area contributed by atoms with E-state index in [4.69, 9.17) is 10.00 Å². The fourth-order valence-corrected chi connectivity index (χ4v) is 4.73. The molecule has 2 fully saturated rings. The zero-order valence-corrected chi connectivity index (χ0v) is 15.0. The topological polar surface area (TPSA) is 33.0 Å². The zero-order valence-electron chi connectivity index (χ0n) is 15.0. The molecule has 0 aromatic carbocycles. The van der Waals surface area contributed by atoms with Crippen LogP contribution in [0.1, 0.15) is 71.1 Å². The Morgan fingerprint density at radius 3 is 2.26 bits per heavy atom. The summed E-state index contributed by atoms with van der Waals surface area (Å²) in [4.78, 5) is 0. The fraction of sp³-hybridized carbons (Fsp3) is 0.762. The van der Waals surface area contributed by atoms with Crippen LogP contribution < -0.4 is 0 Å². The number of methoxy groups -OCH3 is 1. The van der Waals surface area contributed by atoms with E-state index in [1.807, 2.05) is 25.3 Å². The van der Waals surface area contributed by atoms with Crippen molar-refractivity contribution in [1.29, 1.82) is 5.26 Å². The quantitative estimate of drug-likeness (QED) is 0.458. The van der Waals surface area contributed by atoms with Crippen LogP contribution >= 0.6 is 0 Å². The molecule has 0 bridgehead atoms. The van der Waals surface area contributed by atoms with E-state index in [0.717, 1.165) is 30.6 Å². The third kappa shape index (κ3) is 5.21. The second kappa shape index (κ2) is 9.28. The molecule has 0 heterocycles. The van der Waals surface area contributed by atoms with Gasteiger partial charge < -0.3 is 4.74 Å². The lowest BCUT2D eigenvalue weighted by Crippen LogP contribution is -2.36. The minimum absolute atomic E-state index is 0.101. The second-order valence-electron chi connectivity index (χ2n) is 7.52. The minimum Gasteiger partial charge on any atom is -0.374 e. The lowest BCUT2D eigenvalue weighted by molar-refractivity contribution is -0.0201. The molecular weight excluding hydrogens is 282 g/mol. The first-order valence-electron chi connectivity index (χ1n) is 9.52. The number of nitriles is 1. The third-order valence-electron chi connectivity index (χ3n) is 6.22. The Morgan fingerprint density at radius 1 is 1.04 bits per heavy atom. The fourth-order valence-electron chi connectivity index (χ4n) is 4.73. The number of hydrogen-bond donors (Lipinski definition) is 0. The molecule has 2 aliphatic carbocycles. The first kappa shape index (κ1) is 18.3. The molecule has 2 saturated carbocycles. The summed E-state index contributed by atoms with van der Waals surface area (Å²) < 4.78 is 5.84. The van der Waals surface area contributed by atoms with Crippen molar-refractivity contribution in [2.75, 3.05) is 7.11 Å². The highest BCUT2D eigenvalue weighted by atomic mass is 16.5. The van der Waals surface area contributed by atoms with Crippen LogP contribution in [0.2, 0.25) is 0 Å². The summed E-state index contributed by atoms with van der Waals surface area (Å²) in [6.45, 7) is 2.32. The molecule has 0 radical (unpaired) electrons.